The van der Waals surface area contributed by atoms with Crippen LogP contribution in [-0.4, -0.2) is 33.8 Å². The molecule has 1 atom stereocenters. The summed E-state index contributed by atoms with van der Waals surface area (Å²) < 4.78 is 10.6. The Morgan fingerprint density at radius 3 is 2.38 bits per heavy atom. The fraction of sp³-hybridized carbons (Fsp3) is 0.316. The van der Waals surface area contributed by atoms with Gasteiger partial charge < -0.3 is 20.1 Å². The summed E-state index contributed by atoms with van der Waals surface area (Å²) in [5.41, 5.74) is 2.18. The van der Waals surface area contributed by atoms with Crippen molar-refractivity contribution < 1.29 is 9.47 Å². The van der Waals surface area contributed by atoms with Gasteiger partial charge in [-0.1, -0.05) is 37.3 Å². The first kappa shape index (κ1) is 17.7. The Morgan fingerprint density at radius 2 is 1.75 bits per heavy atom. The highest BCUT2D eigenvalue weighted by Gasteiger charge is 2.08. The molecule has 1 unspecified atom stereocenters. The highest BCUT2D eigenvalue weighted by Crippen LogP contribution is 2.29. The maximum atomic E-state index is 5.32. The summed E-state index contributed by atoms with van der Waals surface area (Å²) in [6, 6.07) is 16.1. The number of rotatable bonds is 6. The Labute approximate surface area is 143 Å². The summed E-state index contributed by atoms with van der Waals surface area (Å²) in [5.74, 6) is 2.47. The first-order chi connectivity index (χ1) is 11.7. The van der Waals surface area contributed by atoms with Crippen LogP contribution in [0.2, 0.25) is 0 Å². The summed E-state index contributed by atoms with van der Waals surface area (Å²) in [4.78, 5) is 4.27. The van der Waals surface area contributed by atoms with Crippen molar-refractivity contribution in [2.24, 2.45) is 4.99 Å². The molecule has 2 aromatic rings. The van der Waals surface area contributed by atoms with E-state index in [1.807, 2.05) is 24.3 Å². The second-order valence-electron chi connectivity index (χ2n) is 5.46. The number of methoxy groups -OCH3 is 2. The maximum Gasteiger partial charge on any atom is 0.195 e. The Balaban J connectivity index is 1.97. The van der Waals surface area contributed by atoms with Crippen molar-refractivity contribution in [3.8, 4) is 11.5 Å². The predicted octanol–water partition coefficient (Wildman–Crippen LogP) is 3.49. The van der Waals surface area contributed by atoms with Crippen molar-refractivity contribution in [1.29, 1.82) is 0 Å². The molecule has 24 heavy (non-hydrogen) atoms. The molecule has 5 heteroatoms. The first-order valence-corrected chi connectivity index (χ1v) is 7.92. The molecule has 0 aliphatic heterocycles. The van der Waals surface area contributed by atoms with Gasteiger partial charge in [0.05, 0.1) is 14.2 Å². The Hall–Kier alpha value is -2.69. The van der Waals surface area contributed by atoms with Crippen LogP contribution in [0, 0.1) is 0 Å². The number of nitrogens with zero attached hydrogens (tertiary/aromatic N) is 1. The van der Waals surface area contributed by atoms with Gasteiger partial charge in [0.15, 0.2) is 17.5 Å². The van der Waals surface area contributed by atoms with E-state index in [1.54, 1.807) is 21.3 Å². The topological polar surface area (TPSA) is 54.9 Å². The normalized spacial score (nSPS) is 12.4. The lowest BCUT2D eigenvalue weighted by atomic mass is 10.0. The molecule has 0 aromatic heterocycles. The minimum absolute atomic E-state index is 0.384. The second kappa shape index (κ2) is 8.82. The average molecular weight is 327 g/mol. The van der Waals surface area contributed by atoms with Crippen LogP contribution in [0.4, 0.5) is 5.69 Å². The maximum absolute atomic E-state index is 5.32. The average Bonchev–Trinajstić information content (AvgIpc) is 2.65. The van der Waals surface area contributed by atoms with Gasteiger partial charge in [-0.15, -0.1) is 0 Å². The molecule has 0 heterocycles. The molecule has 0 fully saturated rings. The van der Waals surface area contributed by atoms with Gasteiger partial charge in [0, 0.05) is 25.3 Å². The molecule has 0 amide bonds. The zero-order valence-electron chi connectivity index (χ0n) is 14.7. The largest absolute Gasteiger partial charge is 0.493 e. The number of aliphatic imine (C=N–C) groups is 1. The molecule has 5 nitrogen and oxygen atoms in total. The molecule has 2 aromatic carbocycles. The van der Waals surface area contributed by atoms with Gasteiger partial charge in [-0.05, 0) is 23.6 Å². The lowest BCUT2D eigenvalue weighted by Gasteiger charge is -2.17. The molecule has 2 N–H and O–H groups in total. The zero-order chi connectivity index (χ0) is 17.4. The summed E-state index contributed by atoms with van der Waals surface area (Å²) >= 11 is 0. The Bertz CT molecular complexity index is 672. The van der Waals surface area contributed by atoms with E-state index in [0.29, 0.717) is 23.4 Å². The first-order valence-electron chi connectivity index (χ1n) is 7.92. The van der Waals surface area contributed by atoms with E-state index in [2.05, 4.69) is 46.8 Å². The van der Waals surface area contributed by atoms with Crippen LogP contribution >= 0.6 is 0 Å². The van der Waals surface area contributed by atoms with Gasteiger partial charge in [0.25, 0.3) is 0 Å². The summed E-state index contributed by atoms with van der Waals surface area (Å²) in [7, 11) is 5.00. The van der Waals surface area contributed by atoms with Gasteiger partial charge >= 0.3 is 0 Å². The van der Waals surface area contributed by atoms with E-state index < -0.39 is 0 Å². The Kier molecular flexibility index (Phi) is 6.49. The second-order valence-corrected chi connectivity index (χ2v) is 5.46. The van der Waals surface area contributed by atoms with Crippen molar-refractivity contribution in [2.45, 2.75) is 12.8 Å². The van der Waals surface area contributed by atoms with Crippen molar-refractivity contribution in [3.63, 3.8) is 0 Å². The zero-order valence-corrected chi connectivity index (χ0v) is 14.7. The molecule has 0 aliphatic carbocycles. The van der Waals surface area contributed by atoms with Crippen molar-refractivity contribution in [1.82, 2.24) is 5.32 Å². The third-order valence-electron chi connectivity index (χ3n) is 3.81. The van der Waals surface area contributed by atoms with Crippen molar-refractivity contribution in [3.05, 3.63) is 54.1 Å². The fourth-order valence-corrected chi connectivity index (χ4v) is 2.38. The summed E-state index contributed by atoms with van der Waals surface area (Å²) in [5, 5.41) is 6.61. The van der Waals surface area contributed by atoms with Crippen LogP contribution < -0.4 is 20.1 Å². The fourth-order valence-electron chi connectivity index (χ4n) is 2.38. The number of benzene rings is 2. The molecule has 2 rings (SSSR count). The third kappa shape index (κ3) is 4.65. The van der Waals surface area contributed by atoms with E-state index >= 15 is 0 Å². The van der Waals surface area contributed by atoms with E-state index in [-0.39, 0.29) is 0 Å². The number of nitrogens with one attached hydrogen (secondary N) is 2. The van der Waals surface area contributed by atoms with Crippen molar-refractivity contribution >= 4 is 11.6 Å². The smallest absolute Gasteiger partial charge is 0.195 e. The lowest BCUT2D eigenvalue weighted by molar-refractivity contribution is 0.355. The van der Waals surface area contributed by atoms with E-state index in [1.165, 1.54) is 5.56 Å². The standard InChI is InChI=1S/C19H25N3O2/c1-14(15-8-6-5-7-9-15)13-21-19(20-2)22-16-10-11-17(23-3)18(12-16)24-4/h5-12,14H,13H2,1-4H3,(H2,20,21,22). The molecule has 0 aliphatic rings. The van der Waals surface area contributed by atoms with Crippen LogP contribution in [0.25, 0.3) is 0 Å². The van der Waals surface area contributed by atoms with Crippen molar-refractivity contribution in [2.75, 3.05) is 33.1 Å². The quantitative estimate of drug-likeness (QED) is 0.630. The van der Waals surface area contributed by atoms with Gasteiger partial charge in [-0.2, -0.15) is 0 Å². The minimum atomic E-state index is 0.384. The third-order valence-corrected chi connectivity index (χ3v) is 3.81. The van der Waals surface area contributed by atoms with Gasteiger partial charge in [-0.3, -0.25) is 4.99 Å². The van der Waals surface area contributed by atoms with Crippen LogP contribution in [0.1, 0.15) is 18.4 Å². The van der Waals surface area contributed by atoms with Crippen LogP contribution in [0.3, 0.4) is 0 Å². The van der Waals surface area contributed by atoms with E-state index in [9.17, 15) is 0 Å². The van der Waals surface area contributed by atoms with Gasteiger partial charge in [-0.25, -0.2) is 0 Å². The van der Waals surface area contributed by atoms with E-state index in [4.69, 9.17) is 9.47 Å². The van der Waals surface area contributed by atoms with Gasteiger partial charge in [0.1, 0.15) is 0 Å². The molecule has 0 saturated carbocycles. The monoisotopic (exact) mass is 327 g/mol. The number of anilines is 1. The van der Waals surface area contributed by atoms with E-state index in [0.717, 1.165) is 12.2 Å². The molecule has 0 spiro atoms. The number of guanidine groups is 1. The number of ether oxygens (including phenoxy) is 2. The molecule has 0 radical (unpaired) electrons. The van der Waals surface area contributed by atoms with Gasteiger partial charge in [0.2, 0.25) is 0 Å². The SMILES string of the molecule is CN=C(NCC(C)c1ccccc1)Nc1ccc(OC)c(OC)c1. The molecular weight excluding hydrogens is 302 g/mol. The highest BCUT2D eigenvalue weighted by atomic mass is 16.5. The lowest BCUT2D eigenvalue weighted by Crippen LogP contribution is -2.33. The van der Waals surface area contributed by atoms with Crippen LogP contribution in [0.15, 0.2) is 53.5 Å². The molecule has 128 valence electrons. The number of hydrogen-bond donors (Lipinski definition) is 2. The highest BCUT2D eigenvalue weighted by molar-refractivity contribution is 5.93. The van der Waals surface area contributed by atoms with Crippen LogP contribution in [-0.2, 0) is 0 Å². The molecular formula is C19H25N3O2. The van der Waals surface area contributed by atoms with Crippen LogP contribution in [0.5, 0.6) is 11.5 Å². The summed E-state index contributed by atoms with van der Waals surface area (Å²) in [6.45, 7) is 2.98. The molecule has 0 bridgehead atoms. The molecule has 0 saturated heterocycles. The number of hydrogen-bond acceptors (Lipinski definition) is 3. The predicted molar refractivity (Wildman–Crippen MR) is 99.4 cm³/mol. The minimum Gasteiger partial charge on any atom is -0.493 e. The Morgan fingerprint density at radius 1 is 1.04 bits per heavy atom. The summed E-state index contributed by atoms with van der Waals surface area (Å²) in [6.07, 6.45) is 0.